The van der Waals surface area contributed by atoms with Gasteiger partial charge in [0.2, 0.25) is 5.91 Å². The molecule has 0 saturated carbocycles. The smallest absolute Gasteiger partial charge is 0.289 e. The van der Waals surface area contributed by atoms with E-state index in [1.807, 2.05) is 17.0 Å². The van der Waals surface area contributed by atoms with E-state index >= 15 is 0 Å². The third kappa shape index (κ3) is 3.94. The average molecular weight is 330 g/mol. The summed E-state index contributed by atoms with van der Waals surface area (Å²) in [6.45, 7) is 2.91. The first-order chi connectivity index (χ1) is 11.1. The van der Waals surface area contributed by atoms with Crippen LogP contribution in [0.3, 0.4) is 0 Å². The monoisotopic (exact) mass is 330 g/mol. The number of hydrogen-bond acceptors (Lipinski definition) is 5. The fourth-order valence-electron chi connectivity index (χ4n) is 2.80. The number of amides is 1. The van der Waals surface area contributed by atoms with Gasteiger partial charge >= 0.3 is 0 Å². The maximum Gasteiger partial charge on any atom is 0.289 e. The lowest BCUT2D eigenvalue weighted by Gasteiger charge is -2.35. The summed E-state index contributed by atoms with van der Waals surface area (Å²) < 4.78 is 0. The Morgan fingerprint density at radius 1 is 1.43 bits per heavy atom. The molecule has 0 aromatic carbocycles. The lowest BCUT2D eigenvalue weighted by Crippen LogP contribution is -2.44. The molecule has 1 aromatic heterocycles. The Labute approximate surface area is 140 Å². The Bertz CT molecular complexity index is 676. The molecule has 0 aliphatic carbocycles. The van der Waals surface area contributed by atoms with E-state index in [1.54, 1.807) is 0 Å². The molecule has 7 heteroatoms. The minimum absolute atomic E-state index is 0.0850. The van der Waals surface area contributed by atoms with Crippen LogP contribution in [-0.4, -0.2) is 29.1 Å². The third-order valence-electron chi connectivity index (χ3n) is 4.07. The number of H-pyrrole nitrogens is 1. The lowest BCUT2D eigenvalue weighted by molar-refractivity contribution is -0.410. The second-order valence-electron chi connectivity index (χ2n) is 5.50. The van der Waals surface area contributed by atoms with Crippen LogP contribution in [0.25, 0.3) is 0 Å². The number of nitrogens with two attached hydrogens (primary N) is 1. The van der Waals surface area contributed by atoms with Crippen LogP contribution in [0.15, 0.2) is 11.1 Å². The number of piperidine rings is 1. The summed E-state index contributed by atoms with van der Waals surface area (Å²) in [6, 6.07) is 5.75. The molecule has 1 amide bonds. The van der Waals surface area contributed by atoms with E-state index in [1.165, 1.54) is 24.2 Å². The zero-order valence-electron chi connectivity index (χ0n) is 13.1. The molecule has 2 heterocycles. The second kappa shape index (κ2) is 7.85. The first-order valence-electron chi connectivity index (χ1n) is 7.69. The Kier molecular flexibility index (Phi) is 5.84. The van der Waals surface area contributed by atoms with Crippen molar-refractivity contribution in [1.82, 2.24) is 4.90 Å². The molecule has 0 spiro atoms. The van der Waals surface area contributed by atoms with Crippen LogP contribution in [0.2, 0.25) is 0 Å². The molecule has 1 atom stereocenters. The van der Waals surface area contributed by atoms with Gasteiger partial charge in [-0.05, 0) is 31.7 Å². The van der Waals surface area contributed by atoms with E-state index in [2.05, 4.69) is 11.9 Å². The normalized spacial score (nSPS) is 17.3. The third-order valence-corrected chi connectivity index (χ3v) is 5.07. The van der Waals surface area contributed by atoms with Gasteiger partial charge in [0.25, 0.3) is 5.82 Å². The summed E-state index contributed by atoms with van der Waals surface area (Å²) in [5.41, 5.74) is 6.32. The molecule has 0 unspecified atom stereocenters. The molecule has 1 aliphatic rings. The van der Waals surface area contributed by atoms with E-state index in [4.69, 9.17) is 11.0 Å². The summed E-state index contributed by atoms with van der Waals surface area (Å²) in [6.07, 6.45) is 4.25. The van der Waals surface area contributed by atoms with Gasteiger partial charge in [0.15, 0.2) is 5.03 Å². The Hall–Kier alpha value is -2.25. The van der Waals surface area contributed by atoms with E-state index in [9.17, 15) is 10.1 Å². The zero-order chi connectivity index (χ0) is 16.8. The van der Waals surface area contributed by atoms with Gasteiger partial charge in [-0.25, -0.2) is 4.98 Å². The summed E-state index contributed by atoms with van der Waals surface area (Å²) in [5.74, 6) is 0.556. The molecule has 0 bridgehead atoms. The maximum absolute atomic E-state index is 12.5. The van der Waals surface area contributed by atoms with Crippen LogP contribution in [0.4, 0.5) is 5.82 Å². The molecule has 1 aliphatic heterocycles. The molecule has 23 heavy (non-hydrogen) atoms. The minimum Gasteiger partial charge on any atom is -0.339 e. The summed E-state index contributed by atoms with van der Waals surface area (Å²) >= 11 is 1.26. The average Bonchev–Trinajstić information content (AvgIpc) is 2.59. The van der Waals surface area contributed by atoms with Crippen LogP contribution in [0.5, 0.6) is 0 Å². The topological polar surface area (TPSA) is 108 Å². The van der Waals surface area contributed by atoms with Crippen molar-refractivity contribution in [2.75, 3.05) is 18.0 Å². The largest absolute Gasteiger partial charge is 0.339 e. The predicted molar refractivity (Wildman–Crippen MR) is 87.2 cm³/mol. The number of nitrogen functional groups attached to an aromatic ring is 1. The molecule has 3 N–H and O–H groups in total. The Balaban J connectivity index is 2.08. The second-order valence-corrected chi connectivity index (χ2v) is 6.48. The van der Waals surface area contributed by atoms with Gasteiger partial charge in [0.05, 0.1) is 5.75 Å². The quantitative estimate of drug-likeness (QED) is 0.845. The van der Waals surface area contributed by atoms with Gasteiger partial charge in [-0.3, -0.25) is 10.5 Å². The van der Waals surface area contributed by atoms with E-state index in [-0.39, 0.29) is 23.0 Å². The number of aromatic amines is 1. The summed E-state index contributed by atoms with van der Waals surface area (Å²) in [5, 5.41) is 18.7. The number of nitrogens with one attached hydrogen (secondary N) is 1. The molecular weight excluding hydrogens is 310 g/mol. The number of likely N-dealkylation sites (tertiary alicyclic amines) is 1. The maximum atomic E-state index is 12.5. The van der Waals surface area contributed by atoms with Gasteiger partial charge in [-0.1, -0.05) is 18.7 Å². The Morgan fingerprint density at radius 2 is 2.17 bits per heavy atom. The first-order valence-corrected chi connectivity index (χ1v) is 8.67. The zero-order valence-corrected chi connectivity index (χ0v) is 13.9. The number of carbonyl (C=O) groups is 1. The number of hydrogen-bond donors (Lipinski definition) is 1. The fourth-order valence-corrected chi connectivity index (χ4v) is 3.68. The number of aromatic nitrogens is 1. The van der Waals surface area contributed by atoms with Gasteiger partial charge in [-0.15, -0.1) is 0 Å². The van der Waals surface area contributed by atoms with Gasteiger partial charge in [-0.2, -0.15) is 10.5 Å². The first kappa shape index (κ1) is 17.1. The van der Waals surface area contributed by atoms with E-state index in [0.29, 0.717) is 16.6 Å². The van der Waals surface area contributed by atoms with Gasteiger partial charge in [0.1, 0.15) is 23.3 Å². The SMILES string of the molecule is CC[C@@H]1CCCCN1C(=O)CSc1[nH+]c(N)c(C#N)cc1C#N. The Morgan fingerprint density at radius 3 is 2.83 bits per heavy atom. The van der Waals surface area contributed by atoms with Crippen molar-refractivity contribution in [1.29, 1.82) is 10.5 Å². The highest BCUT2D eigenvalue weighted by Gasteiger charge is 2.26. The van der Waals surface area contributed by atoms with Gasteiger partial charge < -0.3 is 4.90 Å². The minimum atomic E-state index is 0.0850. The number of anilines is 1. The molecule has 0 radical (unpaired) electrons. The highest BCUT2D eigenvalue weighted by Crippen LogP contribution is 2.24. The molecule has 6 nitrogen and oxygen atoms in total. The molecular formula is C16H20N5OS+. The fraction of sp³-hybridized carbons (Fsp3) is 0.500. The van der Waals surface area contributed by atoms with Gasteiger partial charge in [0, 0.05) is 12.6 Å². The van der Waals surface area contributed by atoms with Crippen LogP contribution < -0.4 is 10.7 Å². The van der Waals surface area contributed by atoms with Crippen molar-refractivity contribution in [3.8, 4) is 12.1 Å². The molecule has 120 valence electrons. The van der Waals surface area contributed by atoms with Crippen molar-refractivity contribution in [2.24, 2.45) is 0 Å². The molecule has 1 saturated heterocycles. The highest BCUT2D eigenvalue weighted by molar-refractivity contribution is 7.99. The molecule has 1 aromatic rings. The van der Waals surface area contributed by atoms with Crippen molar-refractivity contribution in [2.45, 2.75) is 43.7 Å². The van der Waals surface area contributed by atoms with Crippen molar-refractivity contribution in [3.05, 3.63) is 17.2 Å². The molecule has 2 rings (SSSR count). The number of rotatable bonds is 4. The number of nitrogens with zero attached hydrogens (tertiary/aromatic N) is 3. The lowest BCUT2D eigenvalue weighted by atomic mass is 10.0. The predicted octanol–water partition coefficient (Wildman–Crippen LogP) is 1.71. The van der Waals surface area contributed by atoms with Crippen LogP contribution in [0.1, 0.15) is 43.7 Å². The number of nitriles is 2. The van der Waals surface area contributed by atoms with Crippen molar-refractivity contribution < 1.29 is 9.78 Å². The summed E-state index contributed by atoms with van der Waals surface area (Å²) in [7, 11) is 0. The van der Waals surface area contributed by atoms with E-state index in [0.717, 1.165) is 25.8 Å². The number of carbonyl (C=O) groups excluding carboxylic acids is 1. The van der Waals surface area contributed by atoms with Crippen molar-refractivity contribution >= 4 is 23.5 Å². The van der Waals surface area contributed by atoms with Crippen LogP contribution in [-0.2, 0) is 4.79 Å². The number of thioether (sulfide) groups is 1. The van der Waals surface area contributed by atoms with E-state index < -0.39 is 0 Å². The van der Waals surface area contributed by atoms with Crippen LogP contribution in [0, 0.1) is 22.7 Å². The number of pyridine rings is 1. The van der Waals surface area contributed by atoms with Crippen molar-refractivity contribution in [3.63, 3.8) is 0 Å². The highest BCUT2D eigenvalue weighted by atomic mass is 32.2. The van der Waals surface area contributed by atoms with Crippen LogP contribution >= 0.6 is 11.8 Å². The standard InChI is InChI=1S/C16H19N5OS/c1-2-13-5-3-4-6-21(13)14(22)10-23-16-12(9-18)7-11(8-17)15(19)20-16/h7,13H,2-6,10H2,1H3,(H2,19,20)/p+1/t13-/m1/s1. The molecule has 1 fully saturated rings. The summed E-state index contributed by atoms with van der Waals surface area (Å²) in [4.78, 5) is 17.3.